The number of halogens is 5. The summed E-state index contributed by atoms with van der Waals surface area (Å²) in [5.74, 6) is 0.503. The van der Waals surface area contributed by atoms with Crippen molar-refractivity contribution in [2.75, 3.05) is 32.2 Å². The summed E-state index contributed by atoms with van der Waals surface area (Å²) < 4.78 is 107. The number of carbonyl (C=O) groups is 2. The van der Waals surface area contributed by atoms with Crippen molar-refractivity contribution in [3.63, 3.8) is 0 Å². The number of carbonyl (C=O) groups excluding carboxylic acids is 2. The van der Waals surface area contributed by atoms with Gasteiger partial charge in [-0.2, -0.15) is 0 Å². The van der Waals surface area contributed by atoms with Gasteiger partial charge in [0.05, 0.1) is 77.5 Å². The molecule has 4 unspecified atom stereocenters. The number of nitrogens with zero attached hydrogens (tertiary/aromatic N) is 4. The summed E-state index contributed by atoms with van der Waals surface area (Å²) in [6, 6.07) is 15.9. The number of ether oxygens (including phenoxy) is 2. The molecule has 538 valence electrons. The SMILES string of the molecule is CC(C)(C)c1nc2ccc(Cl)c(S)c2o1.CC(CO)S(=O)(=O)c1c(Cl)ccc(N)c1O.CC(CO)S(=O)(=O)c1c(Cl)ccc2nc(C(C)(C)C)oc12.CCOC(=O)C(C)S(=O)(=O)c1c(Cl)ccc2nc(C(C)(C)C)oc12.CCOC(=O)C(C)Sc1c(Cl)ccc2nc(C(C)(C)C)oc12. The number of thiol groups is 1. The second-order valence-corrected chi connectivity index (χ2v) is 37.0. The number of nitrogens with two attached hydrogens (primary N) is 1. The Balaban J connectivity index is 0.000000223. The molecule has 98 heavy (non-hydrogen) atoms. The van der Waals surface area contributed by atoms with Gasteiger partial charge >= 0.3 is 11.9 Å². The fourth-order valence-corrected chi connectivity index (χ4v) is 15.3. The number of rotatable bonds is 14. The third-order valence-corrected chi connectivity index (χ3v) is 24.2. The van der Waals surface area contributed by atoms with Crippen molar-refractivity contribution in [3.8, 4) is 5.75 Å². The number of fused-ring (bicyclic) bond motifs is 4. The topological polar surface area (TPSA) is 346 Å². The van der Waals surface area contributed by atoms with Crippen LogP contribution in [0.3, 0.4) is 0 Å². The Morgan fingerprint density at radius 2 is 0.816 bits per heavy atom. The van der Waals surface area contributed by atoms with Crippen LogP contribution in [-0.2, 0) is 70.2 Å². The number of nitrogen functional groups attached to an aromatic ring is 1. The molecule has 0 fully saturated rings. The van der Waals surface area contributed by atoms with E-state index in [2.05, 4.69) is 53.3 Å². The van der Waals surface area contributed by atoms with Crippen LogP contribution in [-0.4, -0.2) is 120 Å². The number of phenols is 1. The van der Waals surface area contributed by atoms with Crippen LogP contribution in [0.25, 0.3) is 44.4 Å². The summed E-state index contributed by atoms with van der Waals surface area (Å²) in [6.07, 6.45) is 0. The Morgan fingerprint density at radius 1 is 0.500 bits per heavy atom. The number of esters is 2. The van der Waals surface area contributed by atoms with Gasteiger partial charge in [-0.05, 0) is 102 Å². The molecule has 0 bridgehead atoms. The number of anilines is 1. The quantitative estimate of drug-likeness (QED) is 0.0222. The molecule has 0 aliphatic heterocycles. The zero-order chi connectivity index (χ0) is 74.5. The minimum absolute atomic E-state index is 0.0183. The molecule has 0 spiro atoms. The van der Waals surface area contributed by atoms with Crippen molar-refractivity contribution in [1.29, 1.82) is 0 Å². The lowest BCUT2D eigenvalue weighted by Gasteiger charge is -2.13. The summed E-state index contributed by atoms with van der Waals surface area (Å²) in [6.45, 7) is 32.3. The second-order valence-electron chi connectivity index (χ2n) is 26.3. The minimum atomic E-state index is -4.09. The molecular weight excluding hydrogens is 1470 g/mol. The highest BCUT2D eigenvalue weighted by atomic mass is 35.5. The number of aliphatic hydroxyl groups excluding tert-OH is 2. The van der Waals surface area contributed by atoms with E-state index in [0.29, 0.717) is 67.3 Å². The first-order valence-corrected chi connectivity index (χ1v) is 38.2. The Hall–Kier alpha value is -5.56. The van der Waals surface area contributed by atoms with Crippen LogP contribution < -0.4 is 5.73 Å². The number of phenolic OH excluding ortho intramolecular Hbond substituents is 1. The van der Waals surface area contributed by atoms with E-state index in [1.54, 1.807) is 45.0 Å². The zero-order valence-corrected chi connectivity index (χ0v) is 65.2. The molecule has 4 aromatic heterocycles. The molecule has 0 saturated heterocycles. The average molecular weight is 1550 g/mol. The Labute approximate surface area is 605 Å². The first-order valence-electron chi connectivity index (χ1n) is 30.3. The lowest BCUT2D eigenvalue weighted by Crippen LogP contribution is -2.29. The summed E-state index contributed by atoms with van der Waals surface area (Å²) in [5.41, 5.74) is 8.11. The van der Waals surface area contributed by atoms with Gasteiger partial charge in [0.1, 0.15) is 42.0 Å². The number of benzene rings is 5. The number of hydrogen-bond donors (Lipinski definition) is 5. The van der Waals surface area contributed by atoms with Gasteiger partial charge in [0.2, 0.25) is 23.6 Å². The minimum Gasteiger partial charge on any atom is -0.504 e. The van der Waals surface area contributed by atoms with Crippen LogP contribution in [0, 0.1) is 0 Å². The molecule has 9 aromatic rings. The van der Waals surface area contributed by atoms with Crippen molar-refractivity contribution in [3.05, 3.63) is 109 Å². The number of aromatic hydroxyl groups is 1. The van der Waals surface area contributed by atoms with Gasteiger partial charge in [-0.1, -0.05) is 141 Å². The predicted molar refractivity (Wildman–Crippen MR) is 388 cm³/mol. The summed E-state index contributed by atoms with van der Waals surface area (Å²) >= 11 is 35.8. The van der Waals surface area contributed by atoms with Crippen molar-refractivity contribution >= 4 is 174 Å². The maximum absolute atomic E-state index is 12.9. The first-order chi connectivity index (χ1) is 45.0. The van der Waals surface area contributed by atoms with Crippen molar-refractivity contribution in [2.24, 2.45) is 0 Å². The fourth-order valence-electron chi connectivity index (χ4n) is 8.19. The molecule has 0 amide bonds. The van der Waals surface area contributed by atoms with E-state index in [9.17, 15) is 39.9 Å². The van der Waals surface area contributed by atoms with Crippen LogP contribution in [0.1, 0.15) is 148 Å². The zero-order valence-electron chi connectivity index (χ0n) is 57.3. The number of oxazole rings is 4. The summed E-state index contributed by atoms with van der Waals surface area (Å²) in [7, 11) is -11.8. The summed E-state index contributed by atoms with van der Waals surface area (Å²) in [5, 5.41) is 24.9. The molecule has 5 aromatic carbocycles. The molecular formula is C66H82Cl5N5O17S5. The largest absolute Gasteiger partial charge is 0.504 e. The lowest BCUT2D eigenvalue weighted by molar-refractivity contribution is -0.143. The first kappa shape index (κ1) is 83.1. The third kappa shape index (κ3) is 19.3. The van der Waals surface area contributed by atoms with E-state index in [-0.39, 0.29) is 75.8 Å². The van der Waals surface area contributed by atoms with Gasteiger partial charge in [0.25, 0.3) is 0 Å². The van der Waals surface area contributed by atoms with Crippen molar-refractivity contribution in [2.45, 2.75) is 192 Å². The van der Waals surface area contributed by atoms with Crippen molar-refractivity contribution < 1.29 is 77.3 Å². The Morgan fingerprint density at radius 3 is 1.21 bits per heavy atom. The Kier molecular flexibility index (Phi) is 27.7. The molecule has 5 N–H and O–H groups in total. The van der Waals surface area contributed by atoms with Crippen molar-refractivity contribution in [1.82, 2.24) is 19.9 Å². The maximum atomic E-state index is 12.9. The van der Waals surface area contributed by atoms with E-state index >= 15 is 0 Å². The van der Waals surface area contributed by atoms with E-state index in [1.165, 1.54) is 56.8 Å². The highest BCUT2D eigenvalue weighted by Crippen LogP contribution is 2.42. The number of sulfone groups is 3. The monoisotopic (exact) mass is 1550 g/mol. The molecule has 4 atom stereocenters. The third-order valence-electron chi connectivity index (χ3n) is 14.0. The van der Waals surface area contributed by atoms with Crippen LogP contribution in [0.2, 0.25) is 25.1 Å². The predicted octanol–water partition coefficient (Wildman–Crippen LogP) is 16.1. The molecule has 0 aliphatic rings. The van der Waals surface area contributed by atoms with Gasteiger partial charge in [0.15, 0.2) is 62.8 Å². The molecule has 32 heteroatoms. The highest BCUT2D eigenvalue weighted by molar-refractivity contribution is 8.01. The van der Waals surface area contributed by atoms with Crippen LogP contribution in [0.4, 0.5) is 5.69 Å². The molecule has 9 rings (SSSR count). The number of hydrogen-bond acceptors (Lipinski definition) is 24. The van der Waals surface area contributed by atoms with Gasteiger partial charge in [-0.3, -0.25) is 9.59 Å². The molecule has 0 aliphatic carbocycles. The van der Waals surface area contributed by atoms with Gasteiger partial charge in [0, 0.05) is 21.7 Å². The molecule has 0 radical (unpaired) electrons. The Bertz CT molecular complexity index is 4720. The van der Waals surface area contributed by atoms with Crippen LogP contribution in [0.5, 0.6) is 5.75 Å². The molecule has 22 nitrogen and oxygen atoms in total. The number of aromatic nitrogens is 4. The number of thioether (sulfide) groups is 1. The smallest absolute Gasteiger partial charge is 0.324 e. The van der Waals surface area contributed by atoms with Gasteiger partial charge in [-0.15, -0.1) is 24.4 Å². The van der Waals surface area contributed by atoms with Gasteiger partial charge < -0.3 is 48.2 Å². The molecule has 0 saturated carbocycles. The molecule has 4 heterocycles. The summed E-state index contributed by atoms with van der Waals surface area (Å²) in [4.78, 5) is 41.9. The normalized spacial score (nSPS) is 13.7. The lowest BCUT2D eigenvalue weighted by atomic mass is 9.97. The van der Waals surface area contributed by atoms with E-state index in [1.807, 2.05) is 74.4 Å². The van der Waals surface area contributed by atoms with Gasteiger partial charge in [-0.25, -0.2) is 45.2 Å². The standard InChI is InChI=1S/C16H20ClNO5S.C16H20ClNO3S.C14H18ClNO4S.C11H12ClNOS.C9H12ClNO4S/c1-6-22-14(19)9(2)24(20,21)13-10(17)7-8-11-12(13)23-15(18-11)16(3,4)5;1-6-20-14(19)9(2)22-13-10(17)7-8-11-12(13)21-15(18-11)16(3,4)5;1-8(7-17)21(18,19)12-9(15)5-6-10-11(12)20-13(16-10)14(2,3)4;1-11(2,3)10-13-7-5-4-6(12)9(15)8(7)14-10;1-5(4-12)16(14,15)9-6(10)2-3-7(11)8(9)13/h7-9H,6H2,1-5H3;7-9H,6H2,1-5H3;5-6,8,17H,7H2,1-4H3;4-5,15H,1-3H3;2-3,5,12-13H,4,11H2,1H3. The highest BCUT2D eigenvalue weighted by Gasteiger charge is 2.38. The van der Waals surface area contributed by atoms with Crippen LogP contribution >= 0.6 is 82.4 Å². The fraction of sp³-hybridized carbons (Fsp3) is 0.455. The van der Waals surface area contributed by atoms with E-state index in [4.69, 9.17) is 101 Å². The average Bonchev–Trinajstić information content (AvgIpc) is 1.50. The maximum Gasteiger partial charge on any atom is 0.324 e. The number of aliphatic hydroxyl groups is 2. The van der Waals surface area contributed by atoms with E-state index in [0.717, 1.165) is 15.9 Å². The van der Waals surface area contributed by atoms with Crippen LogP contribution in [0.15, 0.2) is 103 Å². The van der Waals surface area contributed by atoms with E-state index < -0.39 is 80.5 Å². The second kappa shape index (κ2) is 32.6.